The minimum atomic E-state index is -0.490. The van der Waals surface area contributed by atoms with Crippen molar-refractivity contribution in [1.82, 2.24) is 5.32 Å². The number of nitriles is 1. The average molecular weight is 400 g/mol. The van der Waals surface area contributed by atoms with E-state index in [0.717, 1.165) is 11.1 Å². The van der Waals surface area contributed by atoms with Gasteiger partial charge in [-0.15, -0.1) is 0 Å². The minimum Gasteiger partial charge on any atom is -0.493 e. The number of halogens is 1. The van der Waals surface area contributed by atoms with E-state index in [0.29, 0.717) is 22.2 Å². The molecule has 1 atom stereocenters. The molecule has 0 radical (unpaired) electrons. The fraction of sp³-hybridized carbons (Fsp3) is 0.238. The summed E-state index contributed by atoms with van der Waals surface area (Å²) < 4.78 is 10.5. The third-order valence-electron chi connectivity index (χ3n) is 4.18. The molecule has 2 rings (SSSR count). The molecule has 0 fully saturated rings. The molecule has 146 valence electrons. The number of anilines is 1. The Bertz CT molecular complexity index is 935. The maximum absolute atomic E-state index is 12.5. The molecule has 2 aromatic rings. The van der Waals surface area contributed by atoms with E-state index in [-0.39, 0.29) is 11.6 Å². The highest BCUT2D eigenvalue weighted by Crippen LogP contribution is 2.30. The number of hydrogen-bond donors (Lipinski definition) is 2. The van der Waals surface area contributed by atoms with Crippen LogP contribution in [-0.2, 0) is 4.79 Å². The van der Waals surface area contributed by atoms with Crippen molar-refractivity contribution in [2.24, 2.45) is 0 Å². The van der Waals surface area contributed by atoms with Crippen LogP contribution in [0.4, 0.5) is 5.69 Å². The van der Waals surface area contributed by atoms with E-state index >= 15 is 0 Å². The van der Waals surface area contributed by atoms with E-state index in [2.05, 4.69) is 10.6 Å². The van der Waals surface area contributed by atoms with Crippen LogP contribution in [0.1, 0.15) is 24.1 Å². The second-order valence-electron chi connectivity index (χ2n) is 6.09. The van der Waals surface area contributed by atoms with E-state index in [1.165, 1.54) is 6.20 Å². The zero-order valence-electron chi connectivity index (χ0n) is 16.2. The Morgan fingerprint density at radius 3 is 2.50 bits per heavy atom. The first kappa shape index (κ1) is 21.1. The second-order valence-corrected chi connectivity index (χ2v) is 6.49. The molecular formula is C21H22ClN3O3. The Labute approximate surface area is 169 Å². The van der Waals surface area contributed by atoms with Crippen LogP contribution >= 0.6 is 11.6 Å². The molecule has 0 aliphatic rings. The molecule has 0 aliphatic carbocycles. The third kappa shape index (κ3) is 5.18. The molecule has 0 spiro atoms. The van der Waals surface area contributed by atoms with E-state index in [9.17, 15) is 10.1 Å². The summed E-state index contributed by atoms with van der Waals surface area (Å²) in [4.78, 5) is 12.5. The first-order valence-corrected chi connectivity index (χ1v) is 8.93. The van der Waals surface area contributed by atoms with Crippen molar-refractivity contribution in [3.8, 4) is 17.6 Å². The zero-order valence-corrected chi connectivity index (χ0v) is 16.9. The van der Waals surface area contributed by atoms with Crippen LogP contribution in [0.15, 0.2) is 48.2 Å². The largest absolute Gasteiger partial charge is 0.493 e. The van der Waals surface area contributed by atoms with Gasteiger partial charge in [0, 0.05) is 16.9 Å². The molecule has 0 saturated carbocycles. The summed E-state index contributed by atoms with van der Waals surface area (Å²) in [7, 11) is 3.10. The van der Waals surface area contributed by atoms with Gasteiger partial charge in [0.1, 0.15) is 11.6 Å². The van der Waals surface area contributed by atoms with Gasteiger partial charge in [0.2, 0.25) is 0 Å². The number of benzene rings is 2. The Hall–Kier alpha value is -3.17. The Kier molecular flexibility index (Phi) is 7.30. The van der Waals surface area contributed by atoms with Crippen molar-refractivity contribution in [2.45, 2.75) is 19.9 Å². The monoisotopic (exact) mass is 399 g/mol. The highest BCUT2D eigenvalue weighted by atomic mass is 35.5. The Morgan fingerprint density at radius 2 is 1.89 bits per heavy atom. The SMILES string of the molecule is COc1ccc(C(C)NC(=O)/C(C#N)=C\Nc2ccc(C)c(Cl)c2)cc1OC. The highest BCUT2D eigenvalue weighted by Gasteiger charge is 2.15. The maximum atomic E-state index is 12.5. The average Bonchev–Trinajstić information content (AvgIpc) is 2.70. The van der Waals surface area contributed by atoms with Gasteiger partial charge in [-0.3, -0.25) is 4.79 Å². The molecule has 1 unspecified atom stereocenters. The fourth-order valence-electron chi connectivity index (χ4n) is 2.47. The molecule has 28 heavy (non-hydrogen) atoms. The Balaban J connectivity index is 2.10. The molecule has 0 bridgehead atoms. The number of carbonyl (C=O) groups excluding carboxylic acids is 1. The van der Waals surface area contributed by atoms with Gasteiger partial charge in [-0.25, -0.2) is 0 Å². The predicted molar refractivity (Wildman–Crippen MR) is 110 cm³/mol. The summed E-state index contributed by atoms with van der Waals surface area (Å²) in [6.45, 7) is 3.72. The predicted octanol–water partition coefficient (Wildman–Crippen LogP) is 4.36. The number of amides is 1. The van der Waals surface area contributed by atoms with Crippen LogP contribution in [0.3, 0.4) is 0 Å². The molecule has 0 saturated heterocycles. The van der Waals surface area contributed by atoms with Crippen molar-refractivity contribution in [2.75, 3.05) is 19.5 Å². The summed E-state index contributed by atoms with van der Waals surface area (Å²) in [5, 5.41) is 15.7. The molecule has 2 aromatic carbocycles. The van der Waals surface area contributed by atoms with Crippen LogP contribution < -0.4 is 20.1 Å². The quantitative estimate of drug-likeness (QED) is 0.533. The topological polar surface area (TPSA) is 83.4 Å². The zero-order chi connectivity index (χ0) is 20.7. The number of nitrogens with one attached hydrogen (secondary N) is 2. The summed E-state index contributed by atoms with van der Waals surface area (Å²) in [6.07, 6.45) is 1.36. The number of nitrogens with zero attached hydrogens (tertiary/aromatic N) is 1. The van der Waals surface area contributed by atoms with Gasteiger partial charge in [0.15, 0.2) is 11.5 Å². The van der Waals surface area contributed by atoms with Crippen molar-refractivity contribution in [3.63, 3.8) is 0 Å². The summed E-state index contributed by atoms with van der Waals surface area (Å²) in [5.74, 6) is 0.675. The normalized spacial score (nSPS) is 11.9. The lowest BCUT2D eigenvalue weighted by molar-refractivity contribution is -0.117. The van der Waals surface area contributed by atoms with Crippen molar-refractivity contribution < 1.29 is 14.3 Å². The van der Waals surface area contributed by atoms with Gasteiger partial charge in [0.25, 0.3) is 5.91 Å². The molecule has 1 amide bonds. The van der Waals surface area contributed by atoms with Crippen LogP contribution in [0.5, 0.6) is 11.5 Å². The smallest absolute Gasteiger partial charge is 0.263 e. The van der Waals surface area contributed by atoms with Crippen LogP contribution in [0.2, 0.25) is 5.02 Å². The molecular weight excluding hydrogens is 378 g/mol. The first-order chi connectivity index (χ1) is 13.4. The lowest BCUT2D eigenvalue weighted by Crippen LogP contribution is -2.28. The molecule has 0 heterocycles. The van der Waals surface area contributed by atoms with Gasteiger partial charge in [-0.2, -0.15) is 5.26 Å². The molecule has 6 nitrogen and oxygen atoms in total. The van der Waals surface area contributed by atoms with Gasteiger partial charge in [0.05, 0.1) is 20.3 Å². The van der Waals surface area contributed by atoms with Crippen molar-refractivity contribution in [1.29, 1.82) is 5.26 Å². The number of methoxy groups -OCH3 is 2. The number of aryl methyl sites for hydroxylation is 1. The van der Waals surface area contributed by atoms with Crippen LogP contribution in [0.25, 0.3) is 0 Å². The summed E-state index contributed by atoms with van der Waals surface area (Å²) in [6, 6.07) is 12.3. The van der Waals surface area contributed by atoms with Gasteiger partial charge in [-0.05, 0) is 49.2 Å². The van der Waals surface area contributed by atoms with Crippen molar-refractivity contribution >= 4 is 23.2 Å². The minimum absolute atomic E-state index is 0.0518. The molecule has 2 N–H and O–H groups in total. The van der Waals surface area contributed by atoms with Gasteiger partial charge in [-0.1, -0.05) is 23.7 Å². The van der Waals surface area contributed by atoms with E-state index < -0.39 is 5.91 Å². The molecule has 7 heteroatoms. The van der Waals surface area contributed by atoms with Gasteiger partial charge < -0.3 is 20.1 Å². The van der Waals surface area contributed by atoms with E-state index in [1.54, 1.807) is 32.4 Å². The van der Waals surface area contributed by atoms with E-state index in [4.69, 9.17) is 21.1 Å². The van der Waals surface area contributed by atoms with Gasteiger partial charge >= 0.3 is 0 Å². The fourth-order valence-corrected chi connectivity index (χ4v) is 2.65. The van der Waals surface area contributed by atoms with Crippen molar-refractivity contribution in [3.05, 3.63) is 64.3 Å². The number of ether oxygens (including phenoxy) is 2. The van der Waals surface area contributed by atoms with E-state index in [1.807, 2.05) is 38.1 Å². The molecule has 0 aromatic heterocycles. The number of rotatable bonds is 7. The molecule has 0 aliphatic heterocycles. The number of hydrogen-bond acceptors (Lipinski definition) is 5. The summed E-state index contributed by atoms with van der Waals surface area (Å²) >= 11 is 6.08. The maximum Gasteiger partial charge on any atom is 0.263 e. The second kappa shape index (κ2) is 9.67. The third-order valence-corrected chi connectivity index (χ3v) is 4.58. The summed E-state index contributed by atoms with van der Waals surface area (Å²) in [5.41, 5.74) is 2.40. The Morgan fingerprint density at radius 1 is 1.18 bits per heavy atom. The first-order valence-electron chi connectivity index (χ1n) is 8.55. The lowest BCUT2D eigenvalue weighted by Gasteiger charge is -2.16. The standard InChI is InChI=1S/C21H22ClN3O3/c1-13-5-7-17(10-18(13)22)24-12-16(11-23)21(26)25-14(2)15-6-8-19(27-3)20(9-15)28-4/h5-10,12,14,24H,1-4H3,(H,25,26)/b16-12-. The van der Waals surface area contributed by atoms with Crippen LogP contribution in [-0.4, -0.2) is 20.1 Å². The number of carbonyl (C=O) groups is 1. The van der Waals surface area contributed by atoms with Crippen LogP contribution in [0, 0.1) is 18.3 Å². The lowest BCUT2D eigenvalue weighted by atomic mass is 10.1. The highest BCUT2D eigenvalue weighted by molar-refractivity contribution is 6.31.